The molecule has 0 spiro atoms. The fourth-order valence-electron chi connectivity index (χ4n) is 1.58. The molecule has 102 valence electrons. The maximum atomic E-state index is 11.4. The van der Waals surface area contributed by atoms with Crippen molar-refractivity contribution in [2.75, 3.05) is 39.9 Å². The van der Waals surface area contributed by atoms with E-state index in [4.69, 9.17) is 10.5 Å². The molecule has 0 heterocycles. The van der Waals surface area contributed by atoms with E-state index in [0.717, 1.165) is 32.8 Å². The molecule has 0 fully saturated rings. The first-order valence-electron chi connectivity index (χ1n) is 6.27. The van der Waals surface area contributed by atoms with Gasteiger partial charge in [-0.3, -0.25) is 4.79 Å². The molecule has 0 saturated carbocycles. The number of carbonyl (C=O) groups excluding carboxylic acids is 1. The molecule has 1 atom stereocenters. The number of nitrogens with two attached hydrogens (primary N) is 1. The molecule has 0 aliphatic heterocycles. The lowest BCUT2D eigenvalue weighted by Crippen LogP contribution is -2.54. The predicted octanol–water partition coefficient (Wildman–Crippen LogP) is 0.198. The van der Waals surface area contributed by atoms with E-state index in [0.29, 0.717) is 6.42 Å². The second kappa shape index (κ2) is 8.44. The summed E-state index contributed by atoms with van der Waals surface area (Å²) in [6.45, 7) is 9.70. The average Bonchev–Trinajstić information content (AvgIpc) is 2.27. The number of hydrogen-bond acceptors (Lipinski definition) is 4. The van der Waals surface area contributed by atoms with Crippen LogP contribution in [0, 0.1) is 0 Å². The highest BCUT2D eigenvalue weighted by Crippen LogP contribution is 2.09. The number of nitrogens with one attached hydrogen (secondary N) is 1. The van der Waals surface area contributed by atoms with E-state index in [9.17, 15) is 4.79 Å². The number of carbonyl (C=O) groups is 1. The smallest absolute Gasteiger partial charge is 0.237 e. The van der Waals surface area contributed by atoms with Crippen LogP contribution in [0.4, 0.5) is 0 Å². The third-order valence-corrected chi connectivity index (χ3v) is 2.93. The molecule has 0 rings (SSSR count). The van der Waals surface area contributed by atoms with Gasteiger partial charge in [0.25, 0.3) is 0 Å². The largest absolute Gasteiger partial charge is 0.380 e. The fraction of sp³-hybridized carbons (Fsp3) is 0.917. The number of likely N-dealkylation sites (N-methyl/N-ethyl adjacent to an activating group) is 2. The number of amides is 1. The number of nitrogens with zero attached hydrogens (tertiary/aromatic N) is 1. The topological polar surface area (TPSA) is 67.6 Å². The zero-order chi connectivity index (χ0) is 13.3. The third kappa shape index (κ3) is 6.61. The lowest BCUT2D eigenvalue weighted by molar-refractivity contribution is -0.124. The van der Waals surface area contributed by atoms with Gasteiger partial charge in [0.15, 0.2) is 0 Å². The van der Waals surface area contributed by atoms with Crippen molar-refractivity contribution in [1.29, 1.82) is 0 Å². The van der Waals surface area contributed by atoms with E-state index in [-0.39, 0.29) is 5.91 Å². The summed E-state index contributed by atoms with van der Waals surface area (Å²) in [7, 11) is 2.02. The zero-order valence-corrected chi connectivity index (χ0v) is 11.6. The lowest BCUT2D eigenvalue weighted by atomic mass is 9.96. The van der Waals surface area contributed by atoms with Gasteiger partial charge in [-0.25, -0.2) is 0 Å². The van der Waals surface area contributed by atoms with E-state index in [1.54, 1.807) is 0 Å². The van der Waals surface area contributed by atoms with Gasteiger partial charge in [0, 0.05) is 19.7 Å². The van der Waals surface area contributed by atoms with E-state index in [2.05, 4.69) is 10.2 Å². The van der Waals surface area contributed by atoms with Gasteiger partial charge < -0.3 is 20.7 Å². The van der Waals surface area contributed by atoms with E-state index in [1.165, 1.54) is 0 Å². The molecule has 5 nitrogen and oxygen atoms in total. The van der Waals surface area contributed by atoms with Crippen molar-refractivity contribution in [3.8, 4) is 0 Å². The highest BCUT2D eigenvalue weighted by atomic mass is 16.5. The monoisotopic (exact) mass is 245 g/mol. The van der Waals surface area contributed by atoms with Gasteiger partial charge in [0.05, 0.1) is 12.1 Å². The molecule has 0 aliphatic carbocycles. The van der Waals surface area contributed by atoms with Crippen molar-refractivity contribution >= 4 is 5.91 Å². The Morgan fingerprint density at radius 3 is 2.53 bits per heavy atom. The molecule has 0 bridgehead atoms. The van der Waals surface area contributed by atoms with Crippen LogP contribution in [0.25, 0.3) is 0 Å². The minimum atomic E-state index is -0.616. The Morgan fingerprint density at radius 2 is 2.06 bits per heavy atom. The molecule has 0 aromatic rings. The first-order valence-corrected chi connectivity index (χ1v) is 6.27. The van der Waals surface area contributed by atoms with E-state index < -0.39 is 5.54 Å². The maximum Gasteiger partial charge on any atom is 0.237 e. The van der Waals surface area contributed by atoms with Gasteiger partial charge in [-0.15, -0.1) is 0 Å². The summed E-state index contributed by atoms with van der Waals surface area (Å²) in [4.78, 5) is 13.5. The number of primary amides is 1. The summed E-state index contributed by atoms with van der Waals surface area (Å²) >= 11 is 0. The second-order valence-corrected chi connectivity index (χ2v) is 4.48. The Bertz CT molecular complexity index is 224. The van der Waals surface area contributed by atoms with Gasteiger partial charge >= 0.3 is 0 Å². The van der Waals surface area contributed by atoms with Crippen LogP contribution in [0.3, 0.4) is 0 Å². The van der Waals surface area contributed by atoms with Gasteiger partial charge in [0.2, 0.25) is 5.91 Å². The van der Waals surface area contributed by atoms with Gasteiger partial charge in [0.1, 0.15) is 0 Å². The van der Waals surface area contributed by atoms with Crippen LogP contribution >= 0.6 is 0 Å². The Hall–Kier alpha value is -0.650. The first-order chi connectivity index (χ1) is 7.96. The first kappa shape index (κ1) is 16.4. The molecule has 3 N–H and O–H groups in total. The third-order valence-electron chi connectivity index (χ3n) is 2.93. The van der Waals surface area contributed by atoms with Crippen molar-refractivity contribution in [3.63, 3.8) is 0 Å². The quantitative estimate of drug-likeness (QED) is 0.540. The molecular weight excluding hydrogens is 218 g/mol. The van der Waals surface area contributed by atoms with Gasteiger partial charge in [-0.1, -0.05) is 6.92 Å². The lowest BCUT2D eigenvalue weighted by Gasteiger charge is -2.29. The summed E-state index contributed by atoms with van der Waals surface area (Å²) in [6.07, 6.45) is 0.707. The number of ether oxygens (including phenoxy) is 1. The molecule has 0 aliphatic rings. The van der Waals surface area contributed by atoms with Crippen molar-refractivity contribution in [2.24, 2.45) is 5.73 Å². The summed E-state index contributed by atoms with van der Waals surface area (Å²) < 4.78 is 5.28. The summed E-state index contributed by atoms with van der Waals surface area (Å²) in [5, 5.41) is 3.15. The van der Waals surface area contributed by atoms with Crippen molar-refractivity contribution < 1.29 is 9.53 Å². The van der Waals surface area contributed by atoms with Crippen LogP contribution in [0.5, 0.6) is 0 Å². The highest BCUT2D eigenvalue weighted by molar-refractivity contribution is 5.84. The molecule has 17 heavy (non-hydrogen) atoms. The average molecular weight is 245 g/mol. The predicted molar refractivity (Wildman–Crippen MR) is 69.9 cm³/mol. The van der Waals surface area contributed by atoms with Crippen LogP contribution < -0.4 is 11.1 Å². The van der Waals surface area contributed by atoms with E-state index in [1.807, 2.05) is 27.8 Å². The van der Waals surface area contributed by atoms with E-state index >= 15 is 0 Å². The summed E-state index contributed by atoms with van der Waals surface area (Å²) in [5.74, 6) is -0.294. The van der Waals surface area contributed by atoms with Gasteiger partial charge in [-0.05, 0) is 33.9 Å². The van der Waals surface area contributed by atoms with Crippen LogP contribution in [-0.2, 0) is 9.53 Å². The van der Waals surface area contributed by atoms with Crippen LogP contribution in [0.2, 0.25) is 0 Å². The molecule has 0 aromatic carbocycles. The summed E-state index contributed by atoms with van der Waals surface area (Å²) in [6, 6.07) is 0. The molecule has 1 amide bonds. The minimum Gasteiger partial charge on any atom is -0.380 e. The Labute approximate surface area is 105 Å². The van der Waals surface area contributed by atoms with Gasteiger partial charge in [-0.2, -0.15) is 0 Å². The highest BCUT2D eigenvalue weighted by Gasteiger charge is 2.29. The SMILES string of the molecule is CCNC(C)(CCN(C)CCOCC)C(N)=O. The number of rotatable bonds is 10. The number of hydrogen-bond donors (Lipinski definition) is 2. The molecular formula is C12H27N3O2. The van der Waals surface area contributed by atoms with Crippen LogP contribution in [0.1, 0.15) is 27.2 Å². The molecule has 0 aromatic heterocycles. The molecule has 1 unspecified atom stereocenters. The standard InChI is InChI=1S/C12H27N3O2/c1-5-14-12(3,11(13)16)7-8-15(4)9-10-17-6-2/h14H,5-10H2,1-4H3,(H2,13,16). The molecule has 5 heteroatoms. The fourth-order valence-corrected chi connectivity index (χ4v) is 1.58. The zero-order valence-electron chi connectivity index (χ0n) is 11.6. The van der Waals surface area contributed by atoms with Crippen molar-refractivity contribution in [1.82, 2.24) is 10.2 Å². The summed E-state index contributed by atoms with van der Waals surface area (Å²) in [5.41, 5.74) is 4.80. The molecule has 0 radical (unpaired) electrons. The molecule has 0 saturated heterocycles. The Kier molecular flexibility index (Phi) is 8.12. The Morgan fingerprint density at radius 1 is 1.41 bits per heavy atom. The normalized spacial score (nSPS) is 14.9. The van der Waals surface area contributed by atoms with Crippen LogP contribution in [-0.4, -0.2) is 56.2 Å². The maximum absolute atomic E-state index is 11.4. The second-order valence-electron chi connectivity index (χ2n) is 4.48. The van der Waals surface area contributed by atoms with Crippen molar-refractivity contribution in [3.05, 3.63) is 0 Å². The van der Waals surface area contributed by atoms with Crippen LogP contribution in [0.15, 0.2) is 0 Å². The van der Waals surface area contributed by atoms with Crippen molar-refractivity contribution in [2.45, 2.75) is 32.7 Å². The minimum absolute atomic E-state index is 0.294. The Balaban J connectivity index is 4.00.